The number of aryl methyl sites for hydroxylation is 1. The highest BCUT2D eigenvalue weighted by Gasteiger charge is 2.04. The molecule has 0 unspecified atom stereocenters. The van der Waals surface area contributed by atoms with Crippen molar-refractivity contribution in [3.63, 3.8) is 0 Å². The van der Waals surface area contributed by atoms with Crippen molar-refractivity contribution in [2.75, 3.05) is 13.2 Å². The fraction of sp³-hybridized carbons (Fsp3) is 0.538. The Morgan fingerprint density at radius 1 is 1.35 bits per heavy atom. The molecule has 0 atom stereocenters. The normalized spacial score (nSPS) is 8.12. The summed E-state index contributed by atoms with van der Waals surface area (Å²) < 4.78 is 0. The Bertz CT molecular complexity index is 301. The highest BCUT2D eigenvalue weighted by atomic mass is 16.3. The summed E-state index contributed by atoms with van der Waals surface area (Å²) in [4.78, 5) is 15.2. The van der Waals surface area contributed by atoms with E-state index >= 15 is 0 Å². The molecule has 4 nitrogen and oxygen atoms in total. The average molecular weight is 240 g/mol. The molecule has 0 fully saturated rings. The van der Waals surface area contributed by atoms with E-state index in [2.05, 4.69) is 10.3 Å². The molecule has 0 saturated carbocycles. The van der Waals surface area contributed by atoms with Gasteiger partial charge in [-0.15, -0.1) is 0 Å². The smallest absolute Gasteiger partial charge is 0.269 e. The third kappa shape index (κ3) is 8.39. The van der Waals surface area contributed by atoms with E-state index in [-0.39, 0.29) is 19.1 Å². The van der Waals surface area contributed by atoms with Crippen molar-refractivity contribution in [1.29, 1.82) is 0 Å². The lowest BCUT2D eigenvalue weighted by molar-refractivity contribution is 0.0939. The molecule has 0 radical (unpaired) electrons. The molecule has 2 N–H and O–H groups in total. The number of nitrogens with zero attached hydrogens (tertiary/aromatic N) is 1. The number of aromatic nitrogens is 1. The number of pyridine rings is 1. The molecule has 4 heteroatoms. The van der Waals surface area contributed by atoms with Gasteiger partial charge in [0.15, 0.2) is 0 Å². The number of rotatable bonds is 3. The largest absolute Gasteiger partial charge is 0.395 e. The minimum atomic E-state index is -0.252. The molecule has 0 aliphatic heterocycles. The summed E-state index contributed by atoms with van der Waals surface area (Å²) in [7, 11) is 0. The molecular formula is C13H24N2O2. The summed E-state index contributed by atoms with van der Waals surface area (Å²) in [6.07, 6.45) is 1.59. The molecule has 1 aromatic heterocycles. The van der Waals surface area contributed by atoms with Crippen molar-refractivity contribution >= 4 is 5.91 Å². The lowest BCUT2D eigenvalue weighted by Crippen LogP contribution is -2.27. The van der Waals surface area contributed by atoms with Gasteiger partial charge in [-0.1, -0.05) is 27.7 Å². The maximum atomic E-state index is 11.3. The topological polar surface area (TPSA) is 62.2 Å². The van der Waals surface area contributed by atoms with E-state index in [0.717, 1.165) is 5.56 Å². The first-order chi connectivity index (χ1) is 8.24. The highest BCUT2D eigenvalue weighted by Crippen LogP contribution is 1.98. The van der Waals surface area contributed by atoms with Crippen molar-refractivity contribution < 1.29 is 9.90 Å². The predicted octanol–water partition coefficient (Wildman–Crippen LogP) is 2.16. The molecule has 98 valence electrons. The fourth-order valence-corrected chi connectivity index (χ4v) is 0.920. The second-order valence-electron chi connectivity index (χ2n) is 2.70. The predicted molar refractivity (Wildman–Crippen MR) is 71.1 cm³/mol. The first-order valence-corrected chi connectivity index (χ1v) is 6.06. The Hall–Kier alpha value is -1.42. The minimum absolute atomic E-state index is 0.0580. The van der Waals surface area contributed by atoms with Crippen LogP contribution in [0.2, 0.25) is 0 Å². The number of carbonyl (C=O) groups excluding carboxylic acids is 1. The zero-order chi connectivity index (χ0) is 13.7. The highest BCUT2D eigenvalue weighted by molar-refractivity contribution is 5.92. The summed E-state index contributed by atoms with van der Waals surface area (Å²) >= 11 is 0. The molecule has 0 spiro atoms. The number of amides is 1. The number of carbonyl (C=O) groups is 1. The number of hydrogen-bond donors (Lipinski definition) is 2. The Balaban J connectivity index is 0. The Labute approximate surface area is 104 Å². The summed E-state index contributed by atoms with van der Waals surface area (Å²) in [5.41, 5.74) is 1.37. The van der Waals surface area contributed by atoms with Crippen molar-refractivity contribution in [3.8, 4) is 0 Å². The van der Waals surface area contributed by atoms with Crippen molar-refractivity contribution in [2.45, 2.75) is 34.6 Å². The van der Waals surface area contributed by atoms with Crippen LogP contribution in [0.1, 0.15) is 43.7 Å². The van der Waals surface area contributed by atoms with Crippen LogP contribution in [0, 0.1) is 6.92 Å². The van der Waals surface area contributed by atoms with Crippen LogP contribution in [0.25, 0.3) is 0 Å². The lowest BCUT2D eigenvalue weighted by Gasteiger charge is -2.02. The number of nitrogens with one attached hydrogen (secondary N) is 1. The average Bonchev–Trinajstić information content (AvgIpc) is 2.40. The van der Waals surface area contributed by atoms with Gasteiger partial charge in [-0.2, -0.15) is 0 Å². The van der Waals surface area contributed by atoms with Crippen LogP contribution in [0.4, 0.5) is 0 Å². The number of hydrogen-bond acceptors (Lipinski definition) is 3. The van der Waals surface area contributed by atoms with E-state index in [1.807, 2.05) is 40.7 Å². The second kappa shape index (κ2) is 12.6. The van der Waals surface area contributed by atoms with E-state index in [1.165, 1.54) is 0 Å². The van der Waals surface area contributed by atoms with Crippen LogP contribution in [-0.4, -0.2) is 29.1 Å². The van der Waals surface area contributed by atoms with Crippen LogP contribution in [0.15, 0.2) is 18.3 Å². The molecule has 1 rings (SSSR count). The van der Waals surface area contributed by atoms with Crippen molar-refractivity contribution in [1.82, 2.24) is 10.3 Å². The van der Waals surface area contributed by atoms with Gasteiger partial charge >= 0.3 is 0 Å². The second-order valence-corrected chi connectivity index (χ2v) is 2.70. The lowest BCUT2D eigenvalue weighted by atomic mass is 10.2. The summed E-state index contributed by atoms with van der Waals surface area (Å²) in [6, 6.07) is 3.52. The van der Waals surface area contributed by atoms with Gasteiger partial charge in [-0.05, 0) is 24.6 Å². The van der Waals surface area contributed by atoms with Gasteiger partial charge in [0.05, 0.1) is 6.61 Å². The fourth-order valence-electron chi connectivity index (χ4n) is 0.920. The van der Waals surface area contributed by atoms with Gasteiger partial charge in [0.25, 0.3) is 5.91 Å². The molecule has 0 aliphatic carbocycles. The molecule has 0 aromatic carbocycles. The van der Waals surface area contributed by atoms with Crippen LogP contribution < -0.4 is 5.32 Å². The van der Waals surface area contributed by atoms with E-state index in [1.54, 1.807) is 12.3 Å². The molecule has 1 heterocycles. The molecule has 1 amide bonds. The van der Waals surface area contributed by atoms with Gasteiger partial charge < -0.3 is 10.4 Å². The summed E-state index contributed by atoms with van der Waals surface area (Å²) in [5.74, 6) is -0.252. The molecule has 17 heavy (non-hydrogen) atoms. The maximum absolute atomic E-state index is 11.3. The van der Waals surface area contributed by atoms with Crippen LogP contribution >= 0.6 is 0 Å². The van der Waals surface area contributed by atoms with Gasteiger partial charge in [-0.25, -0.2) is 0 Å². The van der Waals surface area contributed by atoms with Crippen LogP contribution in [0.3, 0.4) is 0 Å². The van der Waals surface area contributed by atoms with Gasteiger partial charge in [0.2, 0.25) is 0 Å². The zero-order valence-electron chi connectivity index (χ0n) is 11.4. The third-order valence-corrected chi connectivity index (χ3v) is 1.55. The van der Waals surface area contributed by atoms with E-state index < -0.39 is 0 Å². The van der Waals surface area contributed by atoms with E-state index in [9.17, 15) is 4.79 Å². The Kier molecular flexibility index (Phi) is 13.4. The van der Waals surface area contributed by atoms with E-state index in [0.29, 0.717) is 5.69 Å². The third-order valence-electron chi connectivity index (χ3n) is 1.55. The quantitative estimate of drug-likeness (QED) is 0.851. The summed E-state index contributed by atoms with van der Waals surface area (Å²) in [6.45, 7) is 10.1. The van der Waals surface area contributed by atoms with E-state index in [4.69, 9.17) is 5.11 Å². The zero-order valence-corrected chi connectivity index (χ0v) is 11.4. The standard InChI is InChI=1S/C9H12N2O2.2C2H6/c1-7-2-3-10-8(6-7)9(13)11-4-5-12;2*1-2/h2-3,6,12H,4-5H2,1H3,(H,11,13);2*1-2H3. The SMILES string of the molecule is CC.CC.Cc1ccnc(C(=O)NCCO)c1. The monoisotopic (exact) mass is 240 g/mol. The van der Waals surface area contributed by atoms with Crippen LogP contribution in [-0.2, 0) is 0 Å². The van der Waals surface area contributed by atoms with Crippen LogP contribution in [0.5, 0.6) is 0 Å². The molecule has 0 saturated heterocycles. The Morgan fingerprint density at radius 3 is 2.41 bits per heavy atom. The molecular weight excluding hydrogens is 216 g/mol. The first kappa shape index (κ1) is 18.0. The number of aliphatic hydroxyl groups excluding tert-OH is 1. The molecule has 1 aromatic rings. The first-order valence-electron chi connectivity index (χ1n) is 6.06. The van der Waals surface area contributed by atoms with Crippen molar-refractivity contribution in [3.05, 3.63) is 29.6 Å². The number of aliphatic hydroxyl groups is 1. The molecule has 0 bridgehead atoms. The Morgan fingerprint density at radius 2 is 1.94 bits per heavy atom. The minimum Gasteiger partial charge on any atom is -0.395 e. The van der Waals surface area contributed by atoms with Gasteiger partial charge in [-0.3, -0.25) is 9.78 Å². The molecule has 0 aliphatic rings. The van der Waals surface area contributed by atoms with Crippen molar-refractivity contribution in [2.24, 2.45) is 0 Å². The maximum Gasteiger partial charge on any atom is 0.269 e. The summed E-state index contributed by atoms with van der Waals surface area (Å²) in [5, 5.41) is 11.0. The van der Waals surface area contributed by atoms with Gasteiger partial charge in [0, 0.05) is 12.7 Å². The van der Waals surface area contributed by atoms with Gasteiger partial charge in [0.1, 0.15) is 5.69 Å².